The van der Waals surface area contributed by atoms with Crippen molar-refractivity contribution in [2.45, 2.75) is 24.0 Å². The van der Waals surface area contributed by atoms with Crippen LogP contribution in [0.25, 0.3) is 11.8 Å². The fourth-order valence-corrected chi connectivity index (χ4v) is 5.76. The minimum atomic E-state index is -0.573. The number of amides is 3. The average molecular weight is 666 g/mol. The van der Waals surface area contributed by atoms with Crippen molar-refractivity contribution in [2.24, 2.45) is 7.05 Å². The molecule has 47 heavy (non-hydrogen) atoms. The van der Waals surface area contributed by atoms with Crippen molar-refractivity contribution in [1.29, 1.82) is 0 Å². The second kappa shape index (κ2) is 14.8. The number of carbonyl (C=O) groups is 3. The van der Waals surface area contributed by atoms with Gasteiger partial charge >= 0.3 is 0 Å². The first-order valence-corrected chi connectivity index (χ1v) is 15.9. The third kappa shape index (κ3) is 8.10. The summed E-state index contributed by atoms with van der Waals surface area (Å²) in [5.74, 6) is -1.31. The van der Waals surface area contributed by atoms with Crippen LogP contribution < -0.4 is 21.5 Å². The molecule has 0 aliphatic carbocycles. The van der Waals surface area contributed by atoms with Crippen LogP contribution in [-0.4, -0.2) is 32.3 Å². The maximum atomic E-state index is 13.5. The highest BCUT2D eigenvalue weighted by Crippen LogP contribution is 2.27. The maximum Gasteiger partial charge on any atom is 0.295 e. The van der Waals surface area contributed by atoms with Gasteiger partial charge in [-0.3, -0.25) is 23.9 Å². The Hall–Kier alpha value is -5.32. The van der Waals surface area contributed by atoms with Crippen LogP contribution in [0.4, 0.5) is 11.4 Å². The first-order valence-electron chi connectivity index (χ1n) is 14.7. The van der Waals surface area contributed by atoms with Crippen molar-refractivity contribution >= 4 is 58.5 Å². The number of thioether (sulfide) groups is 1. The molecule has 9 nitrogen and oxygen atoms in total. The van der Waals surface area contributed by atoms with Gasteiger partial charge in [0.2, 0.25) is 5.91 Å². The van der Waals surface area contributed by atoms with Gasteiger partial charge in [-0.15, -0.1) is 11.8 Å². The molecule has 0 aliphatic heterocycles. The van der Waals surface area contributed by atoms with Crippen molar-refractivity contribution < 1.29 is 14.4 Å². The number of halogens is 1. The smallest absolute Gasteiger partial charge is 0.295 e. The number of rotatable bonds is 10. The van der Waals surface area contributed by atoms with Gasteiger partial charge in [-0.05, 0) is 80.1 Å². The quantitative estimate of drug-likeness (QED) is 0.114. The van der Waals surface area contributed by atoms with Crippen LogP contribution in [0.5, 0.6) is 0 Å². The highest BCUT2D eigenvalue weighted by atomic mass is 35.5. The van der Waals surface area contributed by atoms with E-state index in [9.17, 15) is 19.2 Å². The predicted octanol–water partition coefficient (Wildman–Crippen LogP) is 6.67. The molecule has 1 atom stereocenters. The summed E-state index contributed by atoms with van der Waals surface area (Å²) in [5, 5.41) is 8.34. The molecule has 0 aliphatic rings. The van der Waals surface area contributed by atoms with Gasteiger partial charge in [0.25, 0.3) is 17.4 Å². The average Bonchev–Trinajstić information content (AvgIpc) is 3.28. The third-order valence-corrected chi connectivity index (χ3v) is 8.63. The predicted molar refractivity (Wildman–Crippen MR) is 188 cm³/mol. The lowest BCUT2D eigenvalue weighted by Gasteiger charge is -2.14. The summed E-state index contributed by atoms with van der Waals surface area (Å²) in [6, 6.07) is 31.7. The molecular weight excluding hydrogens is 634 g/mol. The standard InChI is InChI=1S/C36H32ClN5O4S/c1-23-32(36(46)42(41(23)3)29-14-8-5-9-15-29)40-33(43)24(2)47-30-16-10-13-28(22-30)38-35(45)31(21-25-17-19-27(37)20-18-25)39-34(44)26-11-6-4-7-12-26/h4-22,24H,1-3H3,(H,38,45)(H,39,44)(H,40,43)/b31-21+. The minimum absolute atomic E-state index is 0.0337. The Kier molecular flexibility index (Phi) is 10.4. The number of nitrogens with zero attached hydrogens (tertiary/aromatic N) is 2. The summed E-state index contributed by atoms with van der Waals surface area (Å²) < 4.78 is 3.21. The largest absolute Gasteiger partial charge is 0.321 e. The second-order valence-electron chi connectivity index (χ2n) is 10.6. The Labute approximate surface area is 281 Å². The normalized spacial score (nSPS) is 11.9. The molecule has 1 unspecified atom stereocenters. The molecule has 0 spiro atoms. The first kappa shape index (κ1) is 33.1. The Balaban J connectivity index is 1.30. The number of anilines is 2. The van der Waals surface area contributed by atoms with Gasteiger partial charge in [0.05, 0.1) is 16.6 Å². The third-order valence-electron chi connectivity index (χ3n) is 7.29. The number of para-hydroxylation sites is 1. The highest BCUT2D eigenvalue weighted by Gasteiger charge is 2.22. The van der Waals surface area contributed by atoms with E-state index in [-0.39, 0.29) is 22.9 Å². The van der Waals surface area contributed by atoms with Crippen molar-refractivity contribution in [1.82, 2.24) is 14.7 Å². The van der Waals surface area contributed by atoms with Crippen molar-refractivity contribution in [3.8, 4) is 5.69 Å². The van der Waals surface area contributed by atoms with E-state index in [2.05, 4.69) is 16.0 Å². The molecule has 5 aromatic rings. The van der Waals surface area contributed by atoms with E-state index < -0.39 is 17.1 Å². The summed E-state index contributed by atoms with van der Waals surface area (Å²) in [7, 11) is 1.76. The molecule has 1 aromatic heterocycles. The van der Waals surface area contributed by atoms with Gasteiger partial charge in [0.1, 0.15) is 11.4 Å². The molecule has 3 N–H and O–H groups in total. The molecule has 0 fully saturated rings. The van der Waals surface area contributed by atoms with Crippen LogP contribution in [0.15, 0.2) is 125 Å². The van der Waals surface area contributed by atoms with E-state index in [1.165, 1.54) is 16.4 Å². The summed E-state index contributed by atoms with van der Waals surface area (Å²) in [6.45, 7) is 3.52. The number of aromatic nitrogens is 2. The van der Waals surface area contributed by atoms with Crippen LogP contribution >= 0.6 is 23.4 Å². The Morgan fingerprint density at radius 2 is 1.51 bits per heavy atom. The first-order chi connectivity index (χ1) is 22.6. The number of nitrogens with one attached hydrogen (secondary N) is 3. The molecule has 11 heteroatoms. The molecule has 0 saturated carbocycles. The monoisotopic (exact) mass is 665 g/mol. The molecular formula is C36H32ClN5O4S. The van der Waals surface area contributed by atoms with Gasteiger partial charge in [-0.2, -0.15) is 0 Å². The van der Waals surface area contributed by atoms with E-state index in [0.717, 1.165) is 0 Å². The Bertz CT molecular complexity index is 2010. The van der Waals surface area contributed by atoms with Gasteiger partial charge < -0.3 is 16.0 Å². The highest BCUT2D eigenvalue weighted by molar-refractivity contribution is 8.00. The molecule has 5 rings (SSSR count). The van der Waals surface area contributed by atoms with E-state index >= 15 is 0 Å². The molecule has 4 aromatic carbocycles. The van der Waals surface area contributed by atoms with Crippen LogP contribution in [0.2, 0.25) is 5.02 Å². The summed E-state index contributed by atoms with van der Waals surface area (Å²) in [6.07, 6.45) is 1.56. The van der Waals surface area contributed by atoms with Crippen LogP contribution in [-0.2, 0) is 16.6 Å². The zero-order valence-electron chi connectivity index (χ0n) is 25.9. The zero-order valence-corrected chi connectivity index (χ0v) is 27.4. The van der Waals surface area contributed by atoms with Crippen LogP contribution in [0.3, 0.4) is 0 Å². The summed E-state index contributed by atoms with van der Waals surface area (Å²) in [5.41, 5.74) is 2.77. The van der Waals surface area contributed by atoms with E-state index in [0.29, 0.717) is 38.1 Å². The molecule has 1 heterocycles. The van der Waals surface area contributed by atoms with Crippen molar-refractivity contribution in [2.75, 3.05) is 10.6 Å². The zero-order chi connectivity index (χ0) is 33.5. The van der Waals surface area contributed by atoms with Crippen molar-refractivity contribution in [3.05, 3.63) is 147 Å². The molecule has 3 amide bonds. The van der Waals surface area contributed by atoms with Crippen molar-refractivity contribution in [3.63, 3.8) is 0 Å². The lowest BCUT2D eigenvalue weighted by atomic mass is 10.1. The summed E-state index contributed by atoms with van der Waals surface area (Å²) in [4.78, 5) is 53.6. The van der Waals surface area contributed by atoms with E-state index in [1.807, 2.05) is 36.4 Å². The molecule has 0 saturated heterocycles. The Morgan fingerprint density at radius 1 is 0.851 bits per heavy atom. The molecule has 0 radical (unpaired) electrons. The fraction of sp³-hybridized carbons (Fsp3) is 0.111. The lowest BCUT2D eigenvalue weighted by Crippen LogP contribution is -2.30. The molecule has 238 valence electrons. The number of carbonyl (C=O) groups excluding carboxylic acids is 3. The van der Waals surface area contributed by atoms with Gasteiger partial charge in [-0.25, -0.2) is 4.68 Å². The van der Waals surface area contributed by atoms with Gasteiger partial charge in [0, 0.05) is 28.2 Å². The minimum Gasteiger partial charge on any atom is -0.321 e. The molecule has 0 bridgehead atoms. The Morgan fingerprint density at radius 3 is 2.19 bits per heavy atom. The van der Waals surface area contributed by atoms with Gasteiger partial charge in [-0.1, -0.05) is 66.2 Å². The number of hydrogen-bond acceptors (Lipinski definition) is 5. The van der Waals surface area contributed by atoms with Gasteiger partial charge in [0.15, 0.2) is 0 Å². The van der Waals surface area contributed by atoms with Crippen LogP contribution in [0, 0.1) is 6.92 Å². The maximum absolute atomic E-state index is 13.5. The topological polar surface area (TPSA) is 114 Å². The number of hydrogen-bond donors (Lipinski definition) is 3. The lowest BCUT2D eigenvalue weighted by molar-refractivity contribution is -0.115. The fourth-order valence-electron chi connectivity index (χ4n) is 4.71. The number of benzene rings is 4. The van der Waals surface area contributed by atoms with E-state index in [1.54, 1.807) is 104 Å². The van der Waals surface area contributed by atoms with Crippen LogP contribution in [0.1, 0.15) is 28.5 Å². The van der Waals surface area contributed by atoms with E-state index in [4.69, 9.17) is 11.6 Å². The summed E-state index contributed by atoms with van der Waals surface area (Å²) >= 11 is 7.30. The second-order valence-corrected chi connectivity index (χ2v) is 12.4. The SMILES string of the molecule is Cc1c(NC(=O)C(C)Sc2cccc(NC(=O)/C(=C\c3ccc(Cl)cc3)NC(=O)c3ccccc3)c2)c(=O)n(-c2ccccc2)n1C.